The quantitative estimate of drug-likeness (QED) is 0.655. The van der Waals surface area contributed by atoms with Crippen molar-refractivity contribution in [2.75, 3.05) is 0 Å². The number of halogens is 1. The third-order valence-corrected chi connectivity index (χ3v) is 5.27. The van der Waals surface area contributed by atoms with Crippen LogP contribution in [-0.4, -0.2) is 16.1 Å². The lowest BCUT2D eigenvalue weighted by atomic mass is 9.97. The fourth-order valence-electron chi connectivity index (χ4n) is 2.94. The van der Waals surface area contributed by atoms with Crippen molar-refractivity contribution in [2.45, 2.75) is 6.42 Å². The average Bonchev–Trinajstić information content (AvgIpc) is 3.17. The van der Waals surface area contributed by atoms with Crippen LogP contribution < -0.4 is 5.32 Å². The van der Waals surface area contributed by atoms with E-state index in [2.05, 4.69) is 10.3 Å². The van der Waals surface area contributed by atoms with Crippen LogP contribution in [0.25, 0.3) is 16.5 Å². The van der Waals surface area contributed by atoms with Crippen LogP contribution in [0, 0.1) is 0 Å². The van der Waals surface area contributed by atoms with Crippen molar-refractivity contribution in [1.82, 2.24) is 10.3 Å². The maximum Gasteiger partial charge on any atom is 0.290 e. The number of fused-ring (bicyclic) bond motifs is 1. The summed E-state index contributed by atoms with van der Waals surface area (Å²) >= 11 is 6.92. The lowest BCUT2D eigenvalue weighted by Crippen LogP contribution is -2.18. The number of H-pyrrole nitrogens is 1. The summed E-state index contributed by atoms with van der Waals surface area (Å²) in [5, 5.41) is 3.69. The third-order valence-electron chi connectivity index (χ3n) is 4.10. The van der Waals surface area contributed by atoms with Gasteiger partial charge in [0.05, 0.1) is 4.91 Å². The number of para-hydroxylation sites is 1. The first kappa shape index (κ1) is 16.0. The van der Waals surface area contributed by atoms with E-state index in [9.17, 15) is 9.59 Å². The standard InChI is InChI=1S/C19H13ClN2O2S/c20-12-7-5-11(6-8-12)9-14(17-18(23)22-19(24)25-17)15-10-21-16-4-2-1-3-13(15)16/h1-8,10,21H,9H2,(H,22,23,24). The minimum atomic E-state index is -0.343. The van der Waals surface area contributed by atoms with Crippen LogP contribution in [0.1, 0.15) is 11.1 Å². The van der Waals surface area contributed by atoms with Crippen LogP contribution in [0.2, 0.25) is 5.02 Å². The minimum Gasteiger partial charge on any atom is -0.361 e. The maximum atomic E-state index is 12.3. The Morgan fingerprint density at radius 2 is 1.80 bits per heavy atom. The molecule has 1 fully saturated rings. The van der Waals surface area contributed by atoms with Gasteiger partial charge in [-0.05, 0) is 47.5 Å². The molecule has 2 heterocycles. The summed E-state index contributed by atoms with van der Waals surface area (Å²) in [4.78, 5) is 27.6. The molecule has 2 aromatic carbocycles. The molecule has 0 saturated carbocycles. The summed E-state index contributed by atoms with van der Waals surface area (Å²) in [5.74, 6) is -0.343. The number of allylic oxidation sites excluding steroid dienone is 1. The maximum absolute atomic E-state index is 12.3. The Balaban J connectivity index is 1.87. The fraction of sp³-hybridized carbons (Fsp3) is 0.0526. The van der Waals surface area contributed by atoms with E-state index in [-0.39, 0.29) is 11.1 Å². The molecule has 2 N–H and O–H groups in total. The van der Waals surface area contributed by atoms with E-state index in [0.29, 0.717) is 16.3 Å². The summed E-state index contributed by atoms with van der Waals surface area (Å²) in [6.07, 6.45) is 2.42. The van der Waals surface area contributed by atoms with E-state index in [0.717, 1.165) is 39.4 Å². The van der Waals surface area contributed by atoms with Gasteiger partial charge in [-0.2, -0.15) is 0 Å². The molecule has 1 aliphatic rings. The van der Waals surface area contributed by atoms with Gasteiger partial charge in [0.25, 0.3) is 11.1 Å². The third kappa shape index (κ3) is 3.08. The number of hydrogen-bond donors (Lipinski definition) is 2. The van der Waals surface area contributed by atoms with Crippen LogP contribution in [0.3, 0.4) is 0 Å². The van der Waals surface area contributed by atoms with E-state index in [4.69, 9.17) is 11.6 Å². The van der Waals surface area contributed by atoms with Gasteiger partial charge in [-0.25, -0.2) is 0 Å². The molecule has 4 nitrogen and oxygen atoms in total. The molecule has 3 aromatic rings. The van der Waals surface area contributed by atoms with Crippen LogP contribution in [0.4, 0.5) is 4.79 Å². The monoisotopic (exact) mass is 368 g/mol. The van der Waals surface area contributed by atoms with E-state index in [1.807, 2.05) is 54.7 Å². The number of nitrogens with one attached hydrogen (secondary N) is 2. The van der Waals surface area contributed by atoms with Crippen molar-refractivity contribution in [1.29, 1.82) is 0 Å². The molecule has 0 atom stereocenters. The van der Waals surface area contributed by atoms with Crippen LogP contribution in [-0.2, 0) is 11.2 Å². The van der Waals surface area contributed by atoms with E-state index in [1.165, 1.54) is 0 Å². The number of carbonyl (C=O) groups is 2. The topological polar surface area (TPSA) is 62.0 Å². The number of aromatic amines is 1. The Bertz CT molecular complexity index is 1020. The number of rotatable bonds is 3. The summed E-state index contributed by atoms with van der Waals surface area (Å²) in [6, 6.07) is 15.4. The number of hydrogen-bond acceptors (Lipinski definition) is 3. The SMILES string of the molecule is O=C1NC(=O)C(=C(Cc2ccc(Cl)cc2)c2c[nH]c3ccccc23)S1. The highest BCUT2D eigenvalue weighted by atomic mass is 35.5. The summed E-state index contributed by atoms with van der Waals surface area (Å²) in [6.45, 7) is 0. The minimum absolute atomic E-state index is 0.339. The van der Waals surface area contributed by atoms with E-state index >= 15 is 0 Å². The van der Waals surface area contributed by atoms with Crippen molar-refractivity contribution in [3.05, 3.63) is 75.8 Å². The predicted molar refractivity (Wildman–Crippen MR) is 102 cm³/mol. The molecule has 0 radical (unpaired) electrons. The fourth-order valence-corrected chi connectivity index (χ4v) is 3.84. The molecular weight excluding hydrogens is 356 g/mol. The zero-order valence-electron chi connectivity index (χ0n) is 13.0. The number of carbonyl (C=O) groups excluding carboxylic acids is 2. The molecule has 25 heavy (non-hydrogen) atoms. The lowest BCUT2D eigenvalue weighted by molar-refractivity contribution is -0.115. The Kier molecular flexibility index (Phi) is 4.11. The molecule has 124 valence electrons. The van der Waals surface area contributed by atoms with E-state index < -0.39 is 0 Å². The highest BCUT2D eigenvalue weighted by molar-refractivity contribution is 8.18. The predicted octanol–water partition coefficient (Wildman–Crippen LogP) is 4.76. The van der Waals surface area contributed by atoms with Crippen molar-refractivity contribution >= 4 is 51.0 Å². The average molecular weight is 369 g/mol. The molecular formula is C19H13ClN2O2S. The largest absolute Gasteiger partial charge is 0.361 e. The van der Waals surface area contributed by atoms with Crippen molar-refractivity contribution in [3.63, 3.8) is 0 Å². The molecule has 0 unspecified atom stereocenters. The first-order valence-corrected chi connectivity index (χ1v) is 8.88. The molecule has 0 bridgehead atoms. The molecule has 1 aliphatic heterocycles. The van der Waals surface area contributed by atoms with Gasteiger partial charge in [0, 0.05) is 27.7 Å². The summed E-state index contributed by atoms with van der Waals surface area (Å²) in [5.41, 5.74) is 3.76. The van der Waals surface area contributed by atoms with Crippen LogP contribution in [0.5, 0.6) is 0 Å². The lowest BCUT2D eigenvalue weighted by Gasteiger charge is -2.10. The zero-order chi connectivity index (χ0) is 17.4. The zero-order valence-corrected chi connectivity index (χ0v) is 14.6. The summed E-state index contributed by atoms with van der Waals surface area (Å²) < 4.78 is 0. The van der Waals surface area contributed by atoms with Crippen LogP contribution in [0.15, 0.2) is 59.6 Å². The number of aromatic nitrogens is 1. The Morgan fingerprint density at radius 3 is 2.52 bits per heavy atom. The first-order chi connectivity index (χ1) is 12.1. The Morgan fingerprint density at radius 1 is 1.04 bits per heavy atom. The highest BCUT2D eigenvalue weighted by Gasteiger charge is 2.29. The molecule has 6 heteroatoms. The Hall–Kier alpha value is -2.50. The molecule has 2 amide bonds. The van der Waals surface area contributed by atoms with Gasteiger partial charge in [0.1, 0.15) is 0 Å². The van der Waals surface area contributed by atoms with Crippen molar-refractivity contribution in [2.24, 2.45) is 0 Å². The second-order valence-electron chi connectivity index (χ2n) is 5.70. The Labute approximate surface area is 153 Å². The van der Waals surface area contributed by atoms with Gasteiger partial charge in [0.2, 0.25) is 0 Å². The van der Waals surface area contributed by atoms with Crippen LogP contribution >= 0.6 is 23.4 Å². The smallest absolute Gasteiger partial charge is 0.290 e. The van der Waals surface area contributed by atoms with Gasteiger partial charge >= 0.3 is 0 Å². The molecule has 4 rings (SSSR count). The molecule has 1 aromatic heterocycles. The van der Waals surface area contributed by atoms with E-state index in [1.54, 1.807) is 0 Å². The highest BCUT2D eigenvalue weighted by Crippen LogP contribution is 2.36. The van der Waals surface area contributed by atoms with Gasteiger partial charge in [0.15, 0.2) is 0 Å². The van der Waals surface area contributed by atoms with Gasteiger partial charge in [-0.15, -0.1) is 0 Å². The molecule has 0 aliphatic carbocycles. The van der Waals surface area contributed by atoms with Gasteiger partial charge < -0.3 is 4.98 Å². The summed E-state index contributed by atoms with van der Waals surface area (Å²) in [7, 11) is 0. The molecule has 1 saturated heterocycles. The van der Waals surface area contributed by atoms with Gasteiger partial charge in [-0.3, -0.25) is 14.9 Å². The van der Waals surface area contributed by atoms with Gasteiger partial charge in [-0.1, -0.05) is 41.9 Å². The number of thioether (sulfide) groups is 1. The van der Waals surface area contributed by atoms with Crippen molar-refractivity contribution in [3.8, 4) is 0 Å². The normalized spacial score (nSPS) is 16.4. The molecule has 0 spiro atoms. The first-order valence-electron chi connectivity index (χ1n) is 7.69. The van der Waals surface area contributed by atoms with Crippen molar-refractivity contribution < 1.29 is 9.59 Å². The second-order valence-corrected chi connectivity index (χ2v) is 7.12. The second kappa shape index (κ2) is 6.43. The number of amides is 2. The number of benzene rings is 2. The number of imide groups is 1.